The molecule has 0 unspecified atom stereocenters. The van der Waals surface area contributed by atoms with E-state index < -0.39 is 9.84 Å². The Labute approximate surface area is 120 Å². The molecule has 7 heteroatoms. The first-order valence-electron chi connectivity index (χ1n) is 6.90. The predicted octanol–water partition coefficient (Wildman–Crippen LogP) is 0.975. The second-order valence-electron chi connectivity index (χ2n) is 4.70. The van der Waals surface area contributed by atoms with Crippen LogP contribution in [0.25, 0.3) is 0 Å². The SMILES string of the molecule is O=S(=O)(CCCB1OCCNCCO1)c1ccccc1. The van der Waals surface area contributed by atoms with Crippen LogP contribution in [-0.4, -0.2) is 47.6 Å². The van der Waals surface area contributed by atoms with Crippen molar-refractivity contribution in [2.75, 3.05) is 32.1 Å². The molecule has 2 rings (SSSR count). The zero-order chi connectivity index (χ0) is 14.3. The number of rotatable bonds is 5. The van der Waals surface area contributed by atoms with Crippen LogP contribution in [0.3, 0.4) is 0 Å². The summed E-state index contributed by atoms with van der Waals surface area (Å²) in [4.78, 5) is 0.378. The van der Waals surface area contributed by atoms with Gasteiger partial charge in [0.15, 0.2) is 9.84 Å². The molecule has 1 aromatic carbocycles. The lowest BCUT2D eigenvalue weighted by molar-refractivity contribution is 0.177. The molecule has 0 radical (unpaired) electrons. The Balaban J connectivity index is 1.80. The first-order valence-corrected chi connectivity index (χ1v) is 8.55. The molecule has 20 heavy (non-hydrogen) atoms. The number of nitrogens with one attached hydrogen (secondary N) is 1. The van der Waals surface area contributed by atoms with E-state index in [0.717, 1.165) is 13.1 Å². The molecule has 1 aromatic rings. The fraction of sp³-hybridized carbons (Fsp3) is 0.538. The van der Waals surface area contributed by atoms with Crippen LogP contribution in [0, 0.1) is 0 Å². The van der Waals surface area contributed by atoms with E-state index in [1.54, 1.807) is 24.3 Å². The summed E-state index contributed by atoms with van der Waals surface area (Å²) < 4.78 is 35.3. The lowest BCUT2D eigenvalue weighted by Gasteiger charge is -2.18. The average molecular weight is 297 g/mol. The highest BCUT2D eigenvalue weighted by atomic mass is 32.2. The zero-order valence-corrected chi connectivity index (χ0v) is 12.3. The van der Waals surface area contributed by atoms with Crippen molar-refractivity contribution in [1.82, 2.24) is 5.32 Å². The van der Waals surface area contributed by atoms with Crippen LogP contribution in [0.4, 0.5) is 0 Å². The normalized spacial score (nSPS) is 17.5. The van der Waals surface area contributed by atoms with Gasteiger partial charge >= 0.3 is 7.12 Å². The number of hydrogen-bond donors (Lipinski definition) is 1. The Kier molecular flexibility index (Phi) is 6.03. The largest absolute Gasteiger partial charge is 0.456 e. The third-order valence-electron chi connectivity index (χ3n) is 3.12. The van der Waals surface area contributed by atoms with Crippen molar-refractivity contribution >= 4 is 17.0 Å². The van der Waals surface area contributed by atoms with Crippen molar-refractivity contribution in [3.8, 4) is 0 Å². The topological polar surface area (TPSA) is 64.6 Å². The summed E-state index contributed by atoms with van der Waals surface area (Å²) in [6.07, 6.45) is 1.14. The van der Waals surface area contributed by atoms with E-state index in [1.165, 1.54) is 0 Å². The van der Waals surface area contributed by atoms with E-state index in [0.29, 0.717) is 30.9 Å². The van der Waals surface area contributed by atoms with Crippen molar-refractivity contribution in [3.63, 3.8) is 0 Å². The Morgan fingerprint density at radius 3 is 2.40 bits per heavy atom. The van der Waals surface area contributed by atoms with Gasteiger partial charge in [0.05, 0.1) is 10.6 Å². The maximum atomic E-state index is 12.1. The molecule has 5 nitrogen and oxygen atoms in total. The molecule has 1 heterocycles. The smallest absolute Gasteiger partial charge is 0.410 e. The summed E-state index contributed by atoms with van der Waals surface area (Å²) in [5.41, 5.74) is 0. The molecule has 1 fully saturated rings. The van der Waals surface area contributed by atoms with Gasteiger partial charge in [-0.3, -0.25) is 0 Å². The fourth-order valence-electron chi connectivity index (χ4n) is 2.05. The minimum Gasteiger partial charge on any atom is -0.410 e. The third kappa shape index (κ3) is 4.90. The highest BCUT2D eigenvalue weighted by Gasteiger charge is 2.21. The maximum absolute atomic E-state index is 12.1. The Morgan fingerprint density at radius 2 is 1.75 bits per heavy atom. The van der Waals surface area contributed by atoms with Crippen LogP contribution in [0.5, 0.6) is 0 Å². The van der Waals surface area contributed by atoms with Crippen molar-refractivity contribution < 1.29 is 17.7 Å². The van der Waals surface area contributed by atoms with Gasteiger partial charge in [-0.2, -0.15) is 0 Å². The van der Waals surface area contributed by atoms with Gasteiger partial charge in [0.25, 0.3) is 0 Å². The van der Waals surface area contributed by atoms with Crippen LogP contribution >= 0.6 is 0 Å². The van der Waals surface area contributed by atoms with E-state index >= 15 is 0 Å². The Bertz CT molecular complexity index is 486. The summed E-state index contributed by atoms with van der Waals surface area (Å²) >= 11 is 0. The summed E-state index contributed by atoms with van der Waals surface area (Å²) in [5, 5.41) is 3.16. The molecule has 0 spiro atoms. The lowest BCUT2D eigenvalue weighted by Crippen LogP contribution is -2.35. The number of sulfone groups is 1. The van der Waals surface area contributed by atoms with Gasteiger partial charge < -0.3 is 14.6 Å². The lowest BCUT2D eigenvalue weighted by atomic mass is 9.83. The van der Waals surface area contributed by atoms with E-state index in [9.17, 15) is 8.42 Å². The molecule has 0 saturated carbocycles. The first-order chi connectivity index (χ1) is 9.68. The van der Waals surface area contributed by atoms with Crippen LogP contribution in [-0.2, 0) is 19.1 Å². The molecule has 110 valence electrons. The van der Waals surface area contributed by atoms with Crippen LogP contribution in [0.15, 0.2) is 35.2 Å². The fourth-order valence-corrected chi connectivity index (χ4v) is 3.40. The van der Waals surface area contributed by atoms with Gasteiger partial charge in [-0.1, -0.05) is 18.2 Å². The first kappa shape index (κ1) is 15.5. The second-order valence-corrected chi connectivity index (χ2v) is 6.80. The molecule has 1 aliphatic rings. The highest BCUT2D eigenvalue weighted by molar-refractivity contribution is 7.91. The van der Waals surface area contributed by atoms with Crippen LogP contribution in [0.2, 0.25) is 6.32 Å². The van der Waals surface area contributed by atoms with Gasteiger partial charge in [0.1, 0.15) is 0 Å². The van der Waals surface area contributed by atoms with Gasteiger partial charge in [0, 0.05) is 26.3 Å². The number of hydrogen-bond acceptors (Lipinski definition) is 5. The molecule has 0 aromatic heterocycles. The molecule has 0 bridgehead atoms. The van der Waals surface area contributed by atoms with Gasteiger partial charge in [0.2, 0.25) is 0 Å². The molecule has 1 aliphatic heterocycles. The summed E-state index contributed by atoms with van der Waals surface area (Å²) in [6, 6.07) is 8.54. The monoisotopic (exact) mass is 297 g/mol. The molecule has 0 amide bonds. The van der Waals surface area contributed by atoms with Gasteiger partial charge in [-0.25, -0.2) is 8.42 Å². The number of benzene rings is 1. The van der Waals surface area contributed by atoms with Gasteiger partial charge in [-0.05, 0) is 24.9 Å². The Hall–Kier alpha value is -0.885. The third-order valence-corrected chi connectivity index (χ3v) is 4.94. The summed E-state index contributed by atoms with van der Waals surface area (Å²) in [6.45, 7) is 2.80. The van der Waals surface area contributed by atoms with Gasteiger partial charge in [-0.15, -0.1) is 0 Å². The Morgan fingerprint density at radius 1 is 1.10 bits per heavy atom. The average Bonchev–Trinajstić information content (AvgIpc) is 2.42. The maximum Gasteiger partial charge on any atom is 0.456 e. The molecule has 0 aliphatic carbocycles. The minimum atomic E-state index is -3.20. The molecule has 1 saturated heterocycles. The molecule has 0 atom stereocenters. The molecular formula is C13H20BNO4S. The van der Waals surface area contributed by atoms with Crippen LogP contribution < -0.4 is 5.32 Å². The van der Waals surface area contributed by atoms with E-state index in [-0.39, 0.29) is 12.9 Å². The zero-order valence-electron chi connectivity index (χ0n) is 11.5. The summed E-state index contributed by atoms with van der Waals surface area (Å²) in [7, 11) is -3.49. The summed E-state index contributed by atoms with van der Waals surface area (Å²) in [5.74, 6) is 0.123. The molecule has 1 N–H and O–H groups in total. The van der Waals surface area contributed by atoms with Crippen molar-refractivity contribution in [2.24, 2.45) is 0 Å². The molecular weight excluding hydrogens is 277 g/mol. The van der Waals surface area contributed by atoms with Crippen molar-refractivity contribution in [3.05, 3.63) is 30.3 Å². The predicted molar refractivity (Wildman–Crippen MR) is 78.4 cm³/mol. The second kappa shape index (κ2) is 7.78. The van der Waals surface area contributed by atoms with Crippen molar-refractivity contribution in [2.45, 2.75) is 17.6 Å². The quantitative estimate of drug-likeness (QED) is 0.821. The van der Waals surface area contributed by atoms with E-state index in [2.05, 4.69) is 5.32 Å². The van der Waals surface area contributed by atoms with Crippen LogP contribution in [0.1, 0.15) is 6.42 Å². The highest BCUT2D eigenvalue weighted by Crippen LogP contribution is 2.13. The standard InChI is InChI=1S/C13H20BNO4S/c16-20(17,13-5-2-1-3-6-13)12-4-7-14-18-10-8-15-9-11-19-14/h1-3,5-6,15H,4,7-12H2. The van der Waals surface area contributed by atoms with E-state index in [1.807, 2.05) is 6.07 Å². The minimum absolute atomic E-state index is 0.123. The van der Waals surface area contributed by atoms with E-state index in [4.69, 9.17) is 9.31 Å². The van der Waals surface area contributed by atoms with Crippen molar-refractivity contribution in [1.29, 1.82) is 0 Å².